The first kappa shape index (κ1) is 32.6. The van der Waals surface area contributed by atoms with E-state index in [0.29, 0.717) is 34.4 Å². The third-order valence-electron chi connectivity index (χ3n) is 7.87. The van der Waals surface area contributed by atoms with Gasteiger partial charge in [0.1, 0.15) is 24.1 Å². The van der Waals surface area contributed by atoms with E-state index < -0.39 is 23.9 Å². The van der Waals surface area contributed by atoms with Crippen molar-refractivity contribution in [1.82, 2.24) is 50.2 Å². The zero-order valence-corrected chi connectivity index (χ0v) is 27.8. The van der Waals surface area contributed by atoms with E-state index in [1.54, 1.807) is 24.4 Å². The zero-order valence-electron chi connectivity index (χ0n) is 27.0. The highest BCUT2D eigenvalue weighted by atomic mass is 32.1. The number of aromatic nitrogens is 6. The molecule has 6 rings (SSSR count). The predicted octanol–water partition coefficient (Wildman–Crippen LogP) is 2.74. The number of amides is 4. The average Bonchev–Trinajstić information content (AvgIpc) is 3.84. The van der Waals surface area contributed by atoms with Crippen LogP contribution in [0.2, 0.25) is 0 Å². The Morgan fingerprint density at radius 2 is 1.90 bits per heavy atom. The van der Waals surface area contributed by atoms with E-state index in [-0.39, 0.29) is 55.4 Å². The topological polar surface area (TPSA) is 182 Å². The van der Waals surface area contributed by atoms with E-state index in [0.717, 1.165) is 5.56 Å². The van der Waals surface area contributed by atoms with E-state index in [1.165, 1.54) is 27.0 Å². The summed E-state index contributed by atoms with van der Waals surface area (Å²) in [5, 5.41) is 19.0. The van der Waals surface area contributed by atoms with Crippen molar-refractivity contribution < 1.29 is 23.7 Å². The van der Waals surface area contributed by atoms with Gasteiger partial charge in [-0.15, -0.1) is 11.3 Å². The average molecular weight is 673 g/mol. The van der Waals surface area contributed by atoms with Crippen LogP contribution in [-0.2, 0) is 22.7 Å². The van der Waals surface area contributed by atoms with Crippen molar-refractivity contribution in [2.75, 3.05) is 13.1 Å². The lowest BCUT2D eigenvalue weighted by Gasteiger charge is -2.23. The third kappa shape index (κ3) is 6.97. The number of thiazole rings is 1. The number of hydrogen-bond donors (Lipinski definition) is 3. The third-order valence-corrected chi connectivity index (χ3v) is 8.63. The largest absolute Gasteiger partial charge is 0.359 e. The van der Waals surface area contributed by atoms with Crippen molar-refractivity contribution in [3.05, 3.63) is 76.6 Å². The second kappa shape index (κ2) is 13.8. The summed E-state index contributed by atoms with van der Waals surface area (Å²) >= 11 is 1.41. The molecule has 250 valence electrons. The van der Waals surface area contributed by atoms with Gasteiger partial charge in [-0.25, -0.2) is 14.6 Å². The minimum absolute atomic E-state index is 0.0329. The smallest absolute Gasteiger partial charge is 0.274 e. The minimum atomic E-state index is -0.900. The summed E-state index contributed by atoms with van der Waals surface area (Å²) in [4.78, 5) is 65.5. The molecule has 3 N–H and O–H groups in total. The van der Waals surface area contributed by atoms with Crippen LogP contribution in [0, 0.1) is 12.8 Å². The number of fused-ring (bicyclic) bond motifs is 4. The first-order valence-corrected chi connectivity index (χ1v) is 16.5. The summed E-state index contributed by atoms with van der Waals surface area (Å²) in [7, 11) is 0. The lowest BCUT2D eigenvalue weighted by atomic mass is 10.0. The van der Waals surface area contributed by atoms with Crippen LogP contribution in [0.15, 0.2) is 52.5 Å². The fraction of sp³-hybridized carbons (Fsp3) is 0.375. The molecule has 0 fully saturated rings. The highest BCUT2D eigenvalue weighted by molar-refractivity contribution is 7.15. The molecule has 0 aliphatic carbocycles. The first-order valence-electron chi connectivity index (χ1n) is 15.6. The van der Waals surface area contributed by atoms with Gasteiger partial charge < -0.3 is 25.4 Å². The highest BCUT2D eigenvalue weighted by Crippen LogP contribution is 2.22. The molecule has 1 aliphatic heterocycles. The van der Waals surface area contributed by atoms with Crippen molar-refractivity contribution >= 4 is 39.9 Å². The lowest BCUT2D eigenvalue weighted by Crippen LogP contribution is -2.48. The van der Waals surface area contributed by atoms with E-state index >= 15 is 0 Å². The summed E-state index contributed by atoms with van der Waals surface area (Å²) in [6, 6.07) is 9.19. The lowest BCUT2D eigenvalue weighted by molar-refractivity contribution is -0.124. The molecule has 15 nitrogen and oxygen atoms in total. The van der Waals surface area contributed by atoms with Crippen LogP contribution in [-0.4, -0.2) is 77.0 Å². The van der Waals surface area contributed by atoms with Gasteiger partial charge in [-0.05, 0) is 26.2 Å². The first-order chi connectivity index (χ1) is 23.1. The van der Waals surface area contributed by atoms with Crippen LogP contribution in [0.25, 0.3) is 16.3 Å². The number of nitrogens with zero attached hydrogens (tertiary/aromatic N) is 7. The molecule has 5 aromatic rings. The Morgan fingerprint density at radius 3 is 2.67 bits per heavy atom. The van der Waals surface area contributed by atoms with Gasteiger partial charge in [-0.2, -0.15) is 5.10 Å². The van der Waals surface area contributed by atoms with Crippen LogP contribution in [0.5, 0.6) is 0 Å². The minimum Gasteiger partial charge on any atom is -0.359 e. The quantitative estimate of drug-likeness (QED) is 0.259. The molecule has 2 atom stereocenters. The summed E-state index contributed by atoms with van der Waals surface area (Å²) in [6.07, 6.45) is 2.13. The van der Waals surface area contributed by atoms with Crippen molar-refractivity contribution in [2.24, 2.45) is 5.92 Å². The fourth-order valence-corrected chi connectivity index (χ4v) is 6.33. The van der Waals surface area contributed by atoms with E-state index in [1.807, 2.05) is 49.6 Å². The molecule has 2 bridgehead atoms. The molecule has 0 unspecified atom stereocenters. The maximum atomic E-state index is 13.9. The van der Waals surface area contributed by atoms with Gasteiger partial charge in [-0.3, -0.25) is 23.6 Å². The number of hydrogen-bond acceptors (Lipinski definition) is 10. The summed E-state index contributed by atoms with van der Waals surface area (Å²) in [5.74, 6) is -0.635. The Hall–Kier alpha value is -5.38. The molecule has 16 heteroatoms. The predicted molar refractivity (Wildman–Crippen MR) is 175 cm³/mol. The van der Waals surface area contributed by atoms with Crippen molar-refractivity contribution in [1.29, 1.82) is 0 Å². The van der Waals surface area contributed by atoms with Crippen LogP contribution >= 0.6 is 11.3 Å². The molecule has 5 heterocycles. The van der Waals surface area contributed by atoms with Crippen LogP contribution in [0.4, 0.5) is 0 Å². The number of benzene rings is 1. The number of imidazole rings is 1. The molecule has 4 aromatic heterocycles. The van der Waals surface area contributed by atoms with Gasteiger partial charge in [0.15, 0.2) is 22.2 Å². The van der Waals surface area contributed by atoms with Crippen molar-refractivity contribution in [2.45, 2.75) is 59.3 Å². The van der Waals surface area contributed by atoms with Crippen LogP contribution < -0.4 is 16.0 Å². The fourth-order valence-electron chi connectivity index (χ4n) is 5.57. The molecule has 1 aromatic carbocycles. The van der Waals surface area contributed by atoms with Crippen LogP contribution in [0.3, 0.4) is 0 Å². The van der Waals surface area contributed by atoms with E-state index in [2.05, 4.69) is 31.2 Å². The summed E-state index contributed by atoms with van der Waals surface area (Å²) < 4.78 is 8.66. The SMILES string of the molecule is Cc1nc2sccn2c1C(=O)N1CCNC(=O)Cn2nc(-c3ccccc3)nc2[C@H](C)NC(=O)[C@@H](CC(C)C)NC(=O)c2cc(on2)C1. The number of carbonyl (C=O) groups is 4. The number of aryl methyl sites for hydroxylation is 1. The molecule has 4 amide bonds. The van der Waals surface area contributed by atoms with Crippen molar-refractivity contribution in [3.63, 3.8) is 0 Å². The Balaban J connectivity index is 1.34. The van der Waals surface area contributed by atoms with Gasteiger partial charge in [0, 0.05) is 36.3 Å². The molecule has 0 spiro atoms. The van der Waals surface area contributed by atoms with E-state index in [9.17, 15) is 19.2 Å². The monoisotopic (exact) mass is 672 g/mol. The second-order valence-electron chi connectivity index (χ2n) is 12.1. The van der Waals surface area contributed by atoms with Gasteiger partial charge in [-0.1, -0.05) is 49.3 Å². The zero-order chi connectivity index (χ0) is 33.9. The Bertz CT molecular complexity index is 1960. The number of nitrogens with one attached hydrogen (secondary N) is 3. The number of rotatable bonds is 4. The maximum absolute atomic E-state index is 13.9. The highest BCUT2D eigenvalue weighted by Gasteiger charge is 2.29. The summed E-state index contributed by atoms with van der Waals surface area (Å²) in [6.45, 7) is 7.40. The molecular formula is C32H36N10O5S. The van der Waals surface area contributed by atoms with Gasteiger partial charge >= 0.3 is 0 Å². The molecule has 48 heavy (non-hydrogen) atoms. The normalized spacial score (nSPS) is 18.2. The number of carbonyl (C=O) groups excluding carboxylic acids is 4. The maximum Gasteiger partial charge on any atom is 0.274 e. The standard InChI is InChI=1S/C32H36N10O5S/c1-18(2)14-23-29(44)34-20(4)28-37-27(21-8-6-5-7-9-21)38-42(28)17-25(43)33-10-11-40(16-22-15-24(39-47-22)30(45)36-23)31(46)26-19(3)35-32-41(26)12-13-48-32/h5-9,12-13,15,18,20,23H,10-11,14,16-17H2,1-4H3,(H,33,43)(H,34,44)(H,36,45)/t20-,23+/m0/s1. The Kier molecular flexibility index (Phi) is 9.34. The molecule has 0 saturated heterocycles. The molecule has 1 aliphatic rings. The van der Waals surface area contributed by atoms with Crippen molar-refractivity contribution in [3.8, 4) is 11.4 Å². The van der Waals surface area contributed by atoms with Gasteiger partial charge in [0.05, 0.1) is 18.3 Å². The van der Waals surface area contributed by atoms with E-state index in [4.69, 9.17) is 9.51 Å². The molecule has 0 saturated carbocycles. The van der Waals surface area contributed by atoms with Gasteiger partial charge in [0.2, 0.25) is 11.8 Å². The Morgan fingerprint density at radius 1 is 1.10 bits per heavy atom. The van der Waals surface area contributed by atoms with Gasteiger partial charge in [0.25, 0.3) is 11.8 Å². The second-order valence-corrected chi connectivity index (χ2v) is 12.9. The molecular weight excluding hydrogens is 636 g/mol. The Labute approximate surface area is 279 Å². The van der Waals surface area contributed by atoms with Crippen LogP contribution in [0.1, 0.15) is 71.5 Å². The molecule has 0 radical (unpaired) electrons. The summed E-state index contributed by atoms with van der Waals surface area (Å²) in [5.41, 5.74) is 1.66.